The Hall–Kier alpha value is -1.40. The average Bonchev–Trinajstić information content (AvgIpc) is 3.16. The molecule has 1 fully saturated rings. The highest BCUT2D eigenvalue weighted by Gasteiger charge is 2.25. The molecule has 0 bridgehead atoms. The van der Waals surface area contributed by atoms with Crippen molar-refractivity contribution in [2.45, 2.75) is 18.9 Å². The van der Waals surface area contributed by atoms with Gasteiger partial charge in [-0.15, -0.1) is 11.3 Å². The number of aromatic nitrogens is 2. The second-order valence-electron chi connectivity index (χ2n) is 4.92. The van der Waals surface area contributed by atoms with Crippen LogP contribution in [0.25, 0.3) is 10.2 Å². The van der Waals surface area contributed by atoms with Gasteiger partial charge in [-0.1, -0.05) is 0 Å². The maximum absolute atomic E-state index is 4.50. The quantitative estimate of drug-likeness (QED) is 0.848. The van der Waals surface area contributed by atoms with Crippen LogP contribution in [0.5, 0.6) is 0 Å². The minimum Gasteiger partial charge on any atom is -0.368 e. The summed E-state index contributed by atoms with van der Waals surface area (Å²) in [6, 6.07) is 2.88. The van der Waals surface area contributed by atoms with Gasteiger partial charge in [0.2, 0.25) is 5.95 Å². The second kappa shape index (κ2) is 5.30. The lowest BCUT2D eigenvalue weighted by Crippen LogP contribution is -2.27. The molecule has 0 aliphatic heterocycles. The molecule has 5 nitrogen and oxygen atoms in total. The fourth-order valence-electron chi connectivity index (χ4n) is 2.15. The van der Waals surface area contributed by atoms with Crippen molar-refractivity contribution in [3.63, 3.8) is 0 Å². The van der Waals surface area contributed by atoms with Crippen LogP contribution in [0.15, 0.2) is 11.4 Å². The van der Waals surface area contributed by atoms with Crippen molar-refractivity contribution >= 4 is 33.3 Å². The maximum Gasteiger partial charge on any atom is 0.225 e. The fraction of sp³-hybridized carbons (Fsp3) is 0.538. The molecule has 0 radical (unpaired) electrons. The third kappa shape index (κ3) is 2.79. The number of nitrogens with zero attached hydrogens (tertiary/aromatic N) is 3. The lowest BCUT2D eigenvalue weighted by atomic mass is 10.3. The smallest absolute Gasteiger partial charge is 0.225 e. The van der Waals surface area contributed by atoms with E-state index in [9.17, 15) is 0 Å². The van der Waals surface area contributed by atoms with Gasteiger partial charge in [0.05, 0.1) is 5.39 Å². The first-order valence-corrected chi connectivity index (χ1v) is 7.53. The summed E-state index contributed by atoms with van der Waals surface area (Å²) in [7, 11) is 4.04. The molecule has 2 aromatic rings. The highest BCUT2D eigenvalue weighted by molar-refractivity contribution is 7.16. The lowest BCUT2D eigenvalue weighted by molar-refractivity contribution is 0.337. The number of rotatable bonds is 6. The molecule has 1 aliphatic rings. The Morgan fingerprint density at radius 1 is 1.42 bits per heavy atom. The number of likely N-dealkylation sites (N-methyl/N-ethyl adjacent to an activating group) is 1. The van der Waals surface area contributed by atoms with E-state index >= 15 is 0 Å². The molecule has 0 aromatic carbocycles. The zero-order chi connectivity index (χ0) is 13.2. The molecule has 102 valence electrons. The topological polar surface area (TPSA) is 53.1 Å². The van der Waals surface area contributed by atoms with Crippen molar-refractivity contribution < 1.29 is 0 Å². The minimum atomic E-state index is 0.674. The van der Waals surface area contributed by atoms with Crippen LogP contribution in [0.4, 0.5) is 11.8 Å². The number of fused-ring (bicyclic) bond motifs is 1. The predicted octanol–water partition coefficient (Wildman–Crippen LogP) is 2.24. The second-order valence-corrected chi connectivity index (χ2v) is 5.82. The van der Waals surface area contributed by atoms with Crippen molar-refractivity contribution in [3.8, 4) is 0 Å². The molecule has 19 heavy (non-hydrogen) atoms. The van der Waals surface area contributed by atoms with Crippen LogP contribution in [0, 0.1) is 0 Å². The highest BCUT2D eigenvalue weighted by atomic mass is 32.1. The monoisotopic (exact) mass is 277 g/mol. The van der Waals surface area contributed by atoms with Crippen molar-refractivity contribution in [3.05, 3.63) is 11.4 Å². The standard InChI is InChI=1S/C13H19N5S/c1-14-13-16-11(10-5-8-19-12(10)17-13)15-6-7-18(2)9-3-4-9/h5,8-9H,3-4,6-7H2,1-2H3,(H2,14,15,16,17). The van der Waals surface area contributed by atoms with Crippen molar-refractivity contribution in [2.24, 2.45) is 0 Å². The number of hydrogen-bond acceptors (Lipinski definition) is 6. The van der Waals surface area contributed by atoms with Crippen LogP contribution >= 0.6 is 11.3 Å². The maximum atomic E-state index is 4.50. The molecule has 3 rings (SSSR count). The first kappa shape index (κ1) is 12.6. The predicted molar refractivity (Wildman–Crippen MR) is 81.1 cm³/mol. The zero-order valence-corrected chi connectivity index (χ0v) is 12.1. The SMILES string of the molecule is CNc1nc(NCCN(C)C2CC2)c2ccsc2n1. The summed E-state index contributed by atoms with van der Waals surface area (Å²) >= 11 is 1.64. The van der Waals surface area contributed by atoms with Gasteiger partial charge < -0.3 is 15.5 Å². The fourth-order valence-corrected chi connectivity index (χ4v) is 2.91. The van der Waals surface area contributed by atoms with E-state index in [0.29, 0.717) is 5.95 Å². The van der Waals surface area contributed by atoms with Gasteiger partial charge in [-0.3, -0.25) is 0 Å². The number of nitrogens with one attached hydrogen (secondary N) is 2. The summed E-state index contributed by atoms with van der Waals surface area (Å²) < 4.78 is 0. The van der Waals surface area contributed by atoms with E-state index in [1.54, 1.807) is 11.3 Å². The van der Waals surface area contributed by atoms with Crippen LogP contribution in [0.3, 0.4) is 0 Å². The summed E-state index contributed by atoms with van der Waals surface area (Å²) in [5.74, 6) is 1.60. The number of anilines is 2. The molecule has 2 aromatic heterocycles. The molecule has 0 atom stereocenters. The van der Waals surface area contributed by atoms with Gasteiger partial charge in [0.15, 0.2) is 0 Å². The molecular formula is C13H19N5S. The largest absolute Gasteiger partial charge is 0.368 e. The summed E-state index contributed by atoms with van der Waals surface area (Å²) in [6.07, 6.45) is 2.70. The number of thiophene rings is 1. The average molecular weight is 277 g/mol. The Kier molecular flexibility index (Phi) is 3.52. The van der Waals surface area contributed by atoms with Crippen molar-refractivity contribution in [2.75, 3.05) is 37.8 Å². The highest BCUT2D eigenvalue weighted by Crippen LogP contribution is 2.27. The van der Waals surface area contributed by atoms with Crippen LogP contribution in [0.1, 0.15) is 12.8 Å². The van der Waals surface area contributed by atoms with Gasteiger partial charge in [0, 0.05) is 26.2 Å². The third-order valence-electron chi connectivity index (χ3n) is 3.48. The van der Waals surface area contributed by atoms with Crippen LogP contribution < -0.4 is 10.6 Å². The van der Waals surface area contributed by atoms with E-state index in [4.69, 9.17) is 0 Å². The molecule has 0 spiro atoms. The van der Waals surface area contributed by atoms with Gasteiger partial charge >= 0.3 is 0 Å². The van der Waals surface area contributed by atoms with Gasteiger partial charge in [-0.2, -0.15) is 4.98 Å². The van der Waals surface area contributed by atoms with Crippen LogP contribution in [-0.4, -0.2) is 48.1 Å². The van der Waals surface area contributed by atoms with Crippen molar-refractivity contribution in [1.82, 2.24) is 14.9 Å². The Bertz CT molecular complexity index is 563. The van der Waals surface area contributed by atoms with Gasteiger partial charge in [0.25, 0.3) is 0 Å². The van der Waals surface area contributed by atoms with Gasteiger partial charge in [0.1, 0.15) is 10.6 Å². The summed E-state index contributed by atoms with van der Waals surface area (Å²) in [6.45, 7) is 1.97. The molecular weight excluding hydrogens is 258 g/mol. The summed E-state index contributed by atoms with van der Waals surface area (Å²) in [4.78, 5) is 12.4. The molecule has 0 amide bonds. The van der Waals surface area contributed by atoms with Gasteiger partial charge in [-0.05, 0) is 31.3 Å². The number of hydrogen-bond donors (Lipinski definition) is 2. The molecule has 2 N–H and O–H groups in total. The van der Waals surface area contributed by atoms with E-state index in [0.717, 1.165) is 35.2 Å². The lowest BCUT2D eigenvalue weighted by Gasteiger charge is -2.16. The first-order valence-electron chi connectivity index (χ1n) is 6.65. The van der Waals surface area contributed by atoms with E-state index in [-0.39, 0.29) is 0 Å². The van der Waals surface area contributed by atoms with E-state index in [1.807, 2.05) is 7.05 Å². The van der Waals surface area contributed by atoms with Crippen LogP contribution in [0.2, 0.25) is 0 Å². The Labute approximate surface area is 117 Å². The molecule has 1 aliphatic carbocycles. The Balaban J connectivity index is 1.70. The first-order chi connectivity index (χ1) is 9.28. The molecule has 0 unspecified atom stereocenters. The Morgan fingerprint density at radius 3 is 3.00 bits per heavy atom. The van der Waals surface area contributed by atoms with E-state index in [1.165, 1.54) is 12.8 Å². The molecule has 6 heteroatoms. The summed E-state index contributed by atoms with van der Waals surface area (Å²) in [5, 5.41) is 9.61. The summed E-state index contributed by atoms with van der Waals surface area (Å²) in [5.41, 5.74) is 0. The molecule has 1 saturated carbocycles. The molecule has 2 heterocycles. The Morgan fingerprint density at radius 2 is 2.26 bits per heavy atom. The third-order valence-corrected chi connectivity index (χ3v) is 4.28. The van der Waals surface area contributed by atoms with Crippen LogP contribution in [-0.2, 0) is 0 Å². The van der Waals surface area contributed by atoms with Gasteiger partial charge in [-0.25, -0.2) is 4.98 Å². The zero-order valence-electron chi connectivity index (χ0n) is 11.3. The minimum absolute atomic E-state index is 0.674. The van der Waals surface area contributed by atoms with Crippen molar-refractivity contribution in [1.29, 1.82) is 0 Å². The normalized spacial score (nSPS) is 15.1. The molecule has 0 saturated heterocycles. The van der Waals surface area contributed by atoms with E-state index in [2.05, 4.69) is 44.0 Å². The van der Waals surface area contributed by atoms with E-state index < -0.39 is 0 Å².